The molecule has 1 heterocycles. The van der Waals surface area contributed by atoms with Crippen molar-refractivity contribution in [3.05, 3.63) is 28.2 Å². The number of benzene rings is 1. The second-order valence-corrected chi connectivity index (χ2v) is 7.69. The van der Waals surface area contributed by atoms with Crippen LogP contribution in [0.5, 0.6) is 5.75 Å². The maximum absolute atomic E-state index is 11.5. The standard InChI is InChI=1S/C12H16BrNO3S/c13-11-4-1-3-10(12(11)15)9-14-5-2-7-18(16,17)8-6-14/h1,3-4,15H,2,5-9H2. The van der Waals surface area contributed by atoms with Crippen LogP contribution in [0.4, 0.5) is 0 Å². The van der Waals surface area contributed by atoms with Gasteiger partial charge in [-0.05, 0) is 35.0 Å². The molecule has 1 N–H and O–H groups in total. The smallest absolute Gasteiger partial charge is 0.151 e. The summed E-state index contributed by atoms with van der Waals surface area (Å²) < 4.78 is 23.7. The van der Waals surface area contributed by atoms with Crippen molar-refractivity contribution in [1.29, 1.82) is 0 Å². The first kappa shape index (κ1) is 13.8. The third kappa shape index (κ3) is 3.46. The van der Waals surface area contributed by atoms with Gasteiger partial charge in [0.05, 0.1) is 16.0 Å². The molecule has 0 atom stereocenters. The molecular formula is C12H16BrNO3S. The van der Waals surface area contributed by atoms with Crippen LogP contribution in [0.15, 0.2) is 22.7 Å². The van der Waals surface area contributed by atoms with Crippen molar-refractivity contribution in [3.63, 3.8) is 0 Å². The van der Waals surface area contributed by atoms with Crippen LogP contribution in [0.25, 0.3) is 0 Å². The minimum absolute atomic E-state index is 0.210. The lowest BCUT2D eigenvalue weighted by Crippen LogP contribution is -2.26. The van der Waals surface area contributed by atoms with Crippen molar-refractivity contribution >= 4 is 25.8 Å². The van der Waals surface area contributed by atoms with E-state index < -0.39 is 9.84 Å². The molecule has 2 rings (SSSR count). The van der Waals surface area contributed by atoms with Gasteiger partial charge in [0.15, 0.2) is 9.84 Å². The predicted molar refractivity (Wildman–Crippen MR) is 74.4 cm³/mol. The average molecular weight is 334 g/mol. The number of aromatic hydroxyl groups is 1. The van der Waals surface area contributed by atoms with Gasteiger partial charge >= 0.3 is 0 Å². The van der Waals surface area contributed by atoms with Crippen molar-refractivity contribution < 1.29 is 13.5 Å². The van der Waals surface area contributed by atoms with Gasteiger partial charge in [-0.1, -0.05) is 12.1 Å². The Morgan fingerprint density at radius 3 is 2.83 bits per heavy atom. The molecule has 1 aromatic rings. The first-order chi connectivity index (χ1) is 8.48. The molecule has 1 saturated heterocycles. The monoisotopic (exact) mass is 333 g/mol. The maximum atomic E-state index is 11.5. The van der Waals surface area contributed by atoms with Crippen molar-refractivity contribution in [2.24, 2.45) is 0 Å². The molecule has 0 aliphatic carbocycles. The molecule has 1 aliphatic rings. The fourth-order valence-electron chi connectivity index (χ4n) is 2.08. The predicted octanol–water partition coefficient (Wildman–Crippen LogP) is 1.78. The fourth-order valence-corrected chi connectivity index (χ4v) is 3.79. The van der Waals surface area contributed by atoms with E-state index in [9.17, 15) is 13.5 Å². The Morgan fingerprint density at radius 1 is 1.28 bits per heavy atom. The van der Waals surface area contributed by atoms with Crippen LogP contribution in [-0.4, -0.2) is 43.0 Å². The van der Waals surface area contributed by atoms with E-state index >= 15 is 0 Å². The van der Waals surface area contributed by atoms with Gasteiger partial charge in [-0.25, -0.2) is 8.42 Å². The molecule has 0 bridgehead atoms. The number of rotatable bonds is 2. The van der Waals surface area contributed by atoms with Gasteiger partial charge in [-0.2, -0.15) is 0 Å². The summed E-state index contributed by atoms with van der Waals surface area (Å²) in [7, 11) is -2.88. The summed E-state index contributed by atoms with van der Waals surface area (Å²) in [4.78, 5) is 2.08. The first-order valence-electron chi connectivity index (χ1n) is 5.87. The minimum atomic E-state index is -2.88. The van der Waals surface area contributed by atoms with Crippen LogP contribution in [0.1, 0.15) is 12.0 Å². The first-order valence-corrected chi connectivity index (χ1v) is 8.48. The summed E-state index contributed by atoms with van der Waals surface area (Å²) in [6.45, 7) is 1.88. The van der Waals surface area contributed by atoms with Gasteiger partial charge < -0.3 is 5.11 Å². The molecule has 0 unspecified atom stereocenters. The maximum Gasteiger partial charge on any atom is 0.151 e. The van der Waals surface area contributed by atoms with Crippen LogP contribution in [0.3, 0.4) is 0 Å². The Hall–Kier alpha value is -0.590. The molecule has 0 amide bonds. The zero-order valence-electron chi connectivity index (χ0n) is 9.97. The largest absolute Gasteiger partial charge is 0.506 e. The lowest BCUT2D eigenvalue weighted by molar-refractivity contribution is 0.282. The van der Waals surface area contributed by atoms with E-state index in [2.05, 4.69) is 20.8 Å². The van der Waals surface area contributed by atoms with Gasteiger partial charge in [0.2, 0.25) is 0 Å². The van der Waals surface area contributed by atoms with Crippen LogP contribution < -0.4 is 0 Å². The van der Waals surface area contributed by atoms with E-state index in [4.69, 9.17) is 0 Å². The Morgan fingerprint density at radius 2 is 2.06 bits per heavy atom. The zero-order chi connectivity index (χ0) is 13.2. The van der Waals surface area contributed by atoms with E-state index in [0.717, 1.165) is 12.1 Å². The van der Waals surface area contributed by atoms with Gasteiger partial charge in [0.1, 0.15) is 5.75 Å². The number of hydrogen-bond donors (Lipinski definition) is 1. The van der Waals surface area contributed by atoms with Crippen molar-refractivity contribution in [3.8, 4) is 5.75 Å². The summed E-state index contributed by atoms with van der Waals surface area (Å²) in [5.74, 6) is 0.722. The van der Waals surface area contributed by atoms with E-state index in [1.165, 1.54) is 0 Å². The summed E-state index contributed by atoms with van der Waals surface area (Å²) in [6.07, 6.45) is 0.664. The molecule has 1 aliphatic heterocycles. The van der Waals surface area contributed by atoms with Crippen LogP contribution >= 0.6 is 15.9 Å². The van der Waals surface area contributed by atoms with E-state index in [1.54, 1.807) is 6.07 Å². The molecular weight excluding hydrogens is 318 g/mol. The Bertz CT molecular complexity index is 530. The van der Waals surface area contributed by atoms with Gasteiger partial charge in [-0.15, -0.1) is 0 Å². The van der Waals surface area contributed by atoms with Crippen molar-refractivity contribution in [2.75, 3.05) is 24.6 Å². The van der Waals surface area contributed by atoms with Gasteiger partial charge in [0.25, 0.3) is 0 Å². The number of phenols is 1. The molecule has 0 radical (unpaired) electrons. The highest BCUT2D eigenvalue weighted by molar-refractivity contribution is 9.10. The fraction of sp³-hybridized carbons (Fsp3) is 0.500. The van der Waals surface area contributed by atoms with Crippen LogP contribution in [0.2, 0.25) is 0 Å². The minimum Gasteiger partial charge on any atom is -0.506 e. The second-order valence-electron chi connectivity index (χ2n) is 4.53. The number of sulfone groups is 1. The molecule has 6 heteroatoms. The normalized spacial score (nSPS) is 20.5. The van der Waals surface area contributed by atoms with E-state index in [1.807, 2.05) is 12.1 Å². The van der Waals surface area contributed by atoms with Crippen molar-refractivity contribution in [1.82, 2.24) is 4.90 Å². The highest BCUT2D eigenvalue weighted by atomic mass is 79.9. The zero-order valence-corrected chi connectivity index (χ0v) is 12.4. The summed E-state index contributed by atoms with van der Waals surface area (Å²) >= 11 is 3.28. The number of para-hydroxylation sites is 1. The third-order valence-electron chi connectivity index (χ3n) is 3.11. The van der Waals surface area contributed by atoms with Gasteiger partial charge in [0, 0.05) is 18.7 Å². The Labute approximate surface area is 116 Å². The SMILES string of the molecule is O=S1(=O)CCCN(Cc2cccc(Br)c2O)CC1. The average Bonchev–Trinajstić information content (AvgIpc) is 2.47. The molecule has 18 heavy (non-hydrogen) atoms. The second kappa shape index (κ2) is 5.59. The van der Waals surface area contributed by atoms with Crippen LogP contribution in [-0.2, 0) is 16.4 Å². The molecule has 1 aromatic carbocycles. The van der Waals surface area contributed by atoms with Crippen molar-refractivity contribution in [2.45, 2.75) is 13.0 Å². The van der Waals surface area contributed by atoms with Crippen LogP contribution in [0, 0.1) is 0 Å². The van der Waals surface area contributed by atoms with Gasteiger partial charge in [-0.3, -0.25) is 4.90 Å². The molecule has 0 spiro atoms. The summed E-state index contributed by atoms with van der Waals surface area (Å²) in [5, 5.41) is 9.91. The summed E-state index contributed by atoms with van der Waals surface area (Å²) in [5.41, 5.74) is 0.823. The quantitative estimate of drug-likeness (QED) is 0.896. The molecule has 0 aromatic heterocycles. The third-order valence-corrected chi connectivity index (χ3v) is 5.47. The molecule has 1 fully saturated rings. The number of hydrogen-bond acceptors (Lipinski definition) is 4. The number of nitrogens with zero attached hydrogens (tertiary/aromatic N) is 1. The highest BCUT2D eigenvalue weighted by Gasteiger charge is 2.20. The Kier molecular flexibility index (Phi) is 4.29. The Balaban J connectivity index is 2.08. The topological polar surface area (TPSA) is 57.6 Å². The lowest BCUT2D eigenvalue weighted by Gasteiger charge is -2.20. The summed E-state index contributed by atoms with van der Waals surface area (Å²) in [6, 6.07) is 5.51. The van der Waals surface area contributed by atoms with E-state index in [0.29, 0.717) is 24.0 Å². The molecule has 4 nitrogen and oxygen atoms in total. The number of halogens is 1. The van der Waals surface area contributed by atoms with E-state index in [-0.39, 0.29) is 17.3 Å². The highest BCUT2D eigenvalue weighted by Crippen LogP contribution is 2.28. The molecule has 100 valence electrons. The number of phenolic OH excluding ortho intramolecular Hbond substituents is 1. The lowest BCUT2D eigenvalue weighted by atomic mass is 10.2. The molecule has 0 saturated carbocycles.